The highest BCUT2D eigenvalue weighted by Gasteiger charge is 2.24. The van der Waals surface area contributed by atoms with Crippen molar-refractivity contribution in [1.29, 1.82) is 0 Å². The maximum atomic E-state index is 13.1. The molecule has 8 N–H and O–H groups in total. The van der Waals surface area contributed by atoms with Crippen molar-refractivity contribution in [1.82, 2.24) is 10.6 Å². The number of nitrogens with two attached hydrogens (primary N) is 2. The van der Waals surface area contributed by atoms with Gasteiger partial charge in [0.05, 0.1) is 17.0 Å². The second-order valence-corrected chi connectivity index (χ2v) is 8.15. The average Bonchev–Trinajstić information content (AvgIpc) is 2.85. The van der Waals surface area contributed by atoms with Crippen molar-refractivity contribution in [3.05, 3.63) is 63.2 Å². The molecule has 13 nitrogen and oxygen atoms in total. The fraction of sp³-hybridized carbons (Fsp3) is 0.304. The fourth-order valence-electron chi connectivity index (χ4n) is 3.66. The van der Waals surface area contributed by atoms with E-state index in [0.717, 1.165) is 6.07 Å². The number of benzene rings is 2. The number of nitro benzene ring substituents is 1. The molecule has 0 unspecified atom stereocenters. The summed E-state index contributed by atoms with van der Waals surface area (Å²) in [4.78, 5) is 60.8. The molecule has 2 aromatic rings. The van der Waals surface area contributed by atoms with E-state index in [4.69, 9.17) is 11.5 Å². The van der Waals surface area contributed by atoms with Gasteiger partial charge in [0, 0.05) is 35.6 Å². The lowest BCUT2D eigenvalue weighted by Gasteiger charge is -2.21. The van der Waals surface area contributed by atoms with Crippen molar-refractivity contribution in [2.45, 2.75) is 31.8 Å². The van der Waals surface area contributed by atoms with Crippen LogP contribution in [0.25, 0.3) is 0 Å². The number of nitro groups is 1. The Balaban J connectivity index is 2.02. The predicted octanol–water partition coefficient (Wildman–Crippen LogP) is 0.602. The summed E-state index contributed by atoms with van der Waals surface area (Å²) in [6.45, 7) is 0.0569. The SMILES string of the molecule is NCCCC[C@@H]1NC(=O)CNC(=O)c2cc([N+](=O)[O-])ccc2NCc2ccc(C(N)=O)cc2NC1=O. The summed E-state index contributed by atoms with van der Waals surface area (Å²) < 4.78 is 0. The van der Waals surface area contributed by atoms with Crippen LogP contribution in [0.1, 0.15) is 45.5 Å². The van der Waals surface area contributed by atoms with E-state index in [1.165, 1.54) is 24.3 Å². The molecule has 0 saturated carbocycles. The molecule has 0 spiro atoms. The Morgan fingerprint density at radius 1 is 1.03 bits per heavy atom. The van der Waals surface area contributed by atoms with Crippen molar-refractivity contribution in [2.24, 2.45) is 11.5 Å². The summed E-state index contributed by atoms with van der Waals surface area (Å²) in [6, 6.07) is 7.28. The van der Waals surface area contributed by atoms with E-state index in [-0.39, 0.29) is 34.7 Å². The second kappa shape index (κ2) is 11.8. The van der Waals surface area contributed by atoms with Crippen molar-refractivity contribution in [3.63, 3.8) is 0 Å². The van der Waals surface area contributed by atoms with E-state index in [1.54, 1.807) is 6.07 Å². The number of nitrogens with one attached hydrogen (secondary N) is 4. The van der Waals surface area contributed by atoms with Crippen molar-refractivity contribution < 1.29 is 24.1 Å². The molecule has 0 aliphatic carbocycles. The average molecular weight is 498 g/mol. The van der Waals surface area contributed by atoms with Crippen LogP contribution in [0.5, 0.6) is 0 Å². The Kier molecular flexibility index (Phi) is 8.52. The predicted molar refractivity (Wildman–Crippen MR) is 131 cm³/mol. The second-order valence-electron chi connectivity index (χ2n) is 8.15. The van der Waals surface area contributed by atoms with Gasteiger partial charge in [-0.1, -0.05) is 6.07 Å². The molecule has 13 heteroatoms. The first-order valence-corrected chi connectivity index (χ1v) is 11.2. The number of unbranched alkanes of at least 4 members (excludes halogenated alkanes) is 1. The smallest absolute Gasteiger partial charge is 0.270 e. The summed E-state index contributed by atoms with van der Waals surface area (Å²) in [5.41, 5.74) is 11.9. The van der Waals surface area contributed by atoms with Gasteiger partial charge in [0.25, 0.3) is 11.6 Å². The molecule has 190 valence electrons. The molecular weight excluding hydrogens is 470 g/mol. The Hall–Kier alpha value is -4.52. The maximum absolute atomic E-state index is 13.1. The third-order valence-corrected chi connectivity index (χ3v) is 5.59. The Labute approximate surface area is 206 Å². The standard InChI is InChI=1S/C23H27N7O6/c24-8-2-1-3-18-23(34)29-19-9-13(21(25)32)4-5-14(19)11-26-17-7-6-15(30(35)36)10-16(17)22(33)27-12-20(31)28-18/h4-7,9-10,18,26H,1-3,8,11-12,24H2,(H2,25,32)(H,27,33)(H,28,31)(H,29,34)/t18-/m0/s1. The zero-order chi connectivity index (χ0) is 26.2. The van der Waals surface area contributed by atoms with E-state index in [9.17, 15) is 29.3 Å². The normalized spacial score (nSPS) is 16.2. The summed E-state index contributed by atoms with van der Waals surface area (Å²) in [7, 11) is 0. The van der Waals surface area contributed by atoms with Crippen LogP contribution < -0.4 is 32.7 Å². The first-order chi connectivity index (χ1) is 17.2. The van der Waals surface area contributed by atoms with Gasteiger partial charge in [0.1, 0.15) is 6.04 Å². The van der Waals surface area contributed by atoms with Gasteiger partial charge < -0.3 is 32.7 Å². The van der Waals surface area contributed by atoms with Crippen molar-refractivity contribution in [3.8, 4) is 0 Å². The quantitative estimate of drug-likeness (QED) is 0.188. The molecule has 3 rings (SSSR count). The van der Waals surface area contributed by atoms with Gasteiger partial charge >= 0.3 is 0 Å². The maximum Gasteiger partial charge on any atom is 0.270 e. The number of carbonyl (C=O) groups is 4. The summed E-state index contributed by atoms with van der Waals surface area (Å²) in [5.74, 6) is -2.54. The molecule has 4 amide bonds. The van der Waals surface area contributed by atoms with Crippen molar-refractivity contribution in [2.75, 3.05) is 23.7 Å². The molecule has 0 fully saturated rings. The van der Waals surface area contributed by atoms with Crippen LogP contribution in [0.3, 0.4) is 0 Å². The molecule has 1 aliphatic rings. The van der Waals surface area contributed by atoms with Crippen LogP contribution in [0.4, 0.5) is 17.1 Å². The molecule has 2 aromatic carbocycles. The third-order valence-electron chi connectivity index (χ3n) is 5.59. The van der Waals surface area contributed by atoms with Gasteiger partial charge in [-0.15, -0.1) is 0 Å². The minimum atomic E-state index is -0.935. The van der Waals surface area contributed by atoms with Gasteiger partial charge in [-0.25, -0.2) is 0 Å². The highest BCUT2D eigenvalue weighted by molar-refractivity contribution is 6.03. The number of fused-ring (bicyclic) bond motifs is 2. The number of non-ortho nitro benzene ring substituents is 1. The molecule has 1 atom stereocenters. The number of nitrogens with zero attached hydrogens (tertiary/aromatic N) is 1. The molecule has 1 heterocycles. The largest absolute Gasteiger partial charge is 0.380 e. The molecule has 0 bridgehead atoms. The molecule has 0 radical (unpaired) electrons. The highest BCUT2D eigenvalue weighted by Crippen LogP contribution is 2.25. The van der Waals surface area contributed by atoms with Gasteiger partial charge in [-0.3, -0.25) is 29.3 Å². The monoisotopic (exact) mass is 497 g/mol. The van der Waals surface area contributed by atoms with Crippen LogP contribution >= 0.6 is 0 Å². The van der Waals surface area contributed by atoms with E-state index < -0.39 is 41.1 Å². The van der Waals surface area contributed by atoms with Gasteiger partial charge in [-0.2, -0.15) is 0 Å². The van der Waals surface area contributed by atoms with Gasteiger partial charge in [0.2, 0.25) is 17.7 Å². The number of anilines is 2. The zero-order valence-electron chi connectivity index (χ0n) is 19.3. The lowest BCUT2D eigenvalue weighted by Crippen LogP contribution is -2.47. The number of hydrogen-bond donors (Lipinski definition) is 6. The fourth-order valence-corrected chi connectivity index (χ4v) is 3.66. The number of carbonyl (C=O) groups excluding carboxylic acids is 4. The topological polar surface area (TPSA) is 212 Å². The number of primary amides is 1. The highest BCUT2D eigenvalue weighted by atomic mass is 16.6. The van der Waals surface area contributed by atoms with E-state index >= 15 is 0 Å². The van der Waals surface area contributed by atoms with Gasteiger partial charge in [0.15, 0.2) is 0 Å². The van der Waals surface area contributed by atoms with E-state index in [1.807, 2.05) is 0 Å². The van der Waals surface area contributed by atoms with Crippen LogP contribution in [-0.4, -0.2) is 47.7 Å². The molecule has 36 heavy (non-hydrogen) atoms. The Morgan fingerprint density at radius 2 is 1.81 bits per heavy atom. The number of amides is 4. The molecule has 1 aliphatic heterocycles. The minimum absolute atomic E-state index is 0.0344. The van der Waals surface area contributed by atoms with Crippen LogP contribution in [0.2, 0.25) is 0 Å². The van der Waals surface area contributed by atoms with E-state index in [2.05, 4.69) is 21.3 Å². The first kappa shape index (κ1) is 26.1. The lowest BCUT2D eigenvalue weighted by atomic mass is 10.0. The molecular formula is C23H27N7O6. The minimum Gasteiger partial charge on any atom is -0.380 e. The summed E-state index contributed by atoms with van der Waals surface area (Å²) >= 11 is 0. The van der Waals surface area contributed by atoms with Crippen molar-refractivity contribution >= 4 is 40.7 Å². The Morgan fingerprint density at radius 3 is 2.50 bits per heavy atom. The first-order valence-electron chi connectivity index (χ1n) is 11.2. The lowest BCUT2D eigenvalue weighted by molar-refractivity contribution is -0.384. The zero-order valence-corrected chi connectivity index (χ0v) is 19.3. The van der Waals surface area contributed by atoms with Crippen LogP contribution in [0, 0.1) is 10.1 Å². The summed E-state index contributed by atoms with van der Waals surface area (Å²) in [5, 5.41) is 22.1. The third kappa shape index (κ3) is 6.54. The Bertz CT molecular complexity index is 1200. The number of rotatable bonds is 6. The van der Waals surface area contributed by atoms with Crippen LogP contribution in [0.15, 0.2) is 36.4 Å². The van der Waals surface area contributed by atoms with Gasteiger partial charge in [-0.05, 0) is 49.6 Å². The van der Waals surface area contributed by atoms with Crippen LogP contribution in [-0.2, 0) is 16.1 Å². The number of hydrogen-bond acceptors (Lipinski definition) is 8. The molecule has 0 aromatic heterocycles. The van der Waals surface area contributed by atoms with E-state index in [0.29, 0.717) is 31.4 Å². The molecule has 0 saturated heterocycles. The summed E-state index contributed by atoms with van der Waals surface area (Å²) in [6.07, 6.45) is 1.49.